The third-order valence-corrected chi connectivity index (χ3v) is 7.29. The van der Waals surface area contributed by atoms with Gasteiger partial charge in [-0.05, 0) is 63.1 Å². The monoisotopic (exact) mass is 426 g/mol. The van der Waals surface area contributed by atoms with Gasteiger partial charge in [-0.15, -0.1) is 0 Å². The Morgan fingerprint density at radius 1 is 0.968 bits per heavy atom. The number of hydrogen-bond acceptors (Lipinski definition) is 4. The average molecular weight is 427 g/mol. The van der Waals surface area contributed by atoms with Crippen LogP contribution in [0.15, 0.2) is 24.3 Å². The maximum atomic E-state index is 13.5. The molecular weight excluding hydrogens is 388 g/mol. The van der Waals surface area contributed by atoms with Gasteiger partial charge in [-0.25, -0.2) is 0 Å². The highest BCUT2D eigenvalue weighted by atomic mass is 16.2. The maximum Gasteiger partial charge on any atom is 0.244 e. The lowest BCUT2D eigenvalue weighted by molar-refractivity contribution is -0.139. The predicted octanol–water partition coefficient (Wildman–Crippen LogP) is 2.59. The zero-order valence-corrected chi connectivity index (χ0v) is 19.0. The molecule has 0 saturated carbocycles. The van der Waals surface area contributed by atoms with Crippen molar-refractivity contribution in [2.45, 2.75) is 64.0 Å². The number of piperidine rings is 2. The lowest BCUT2D eigenvalue weighted by Crippen LogP contribution is -2.50. The molecule has 0 spiro atoms. The van der Waals surface area contributed by atoms with Gasteiger partial charge in [-0.2, -0.15) is 0 Å². The summed E-state index contributed by atoms with van der Waals surface area (Å²) in [7, 11) is 0. The summed E-state index contributed by atoms with van der Waals surface area (Å²) < 4.78 is 0. The molecule has 3 aliphatic rings. The second-order valence-electron chi connectivity index (χ2n) is 9.44. The van der Waals surface area contributed by atoms with Crippen LogP contribution in [-0.2, 0) is 16.0 Å². The number of rotatable bonds is 6. The number of amides is 2. The Hall–Kier alpha value is -1.92. The van der Waals surface area contributed by atoms with E-state index in [2.05, 4.69) is 34.2 Å². The van der Waals surface area contributed by atoms with Crippen molar-refractivity contribution in [3.05, 3.63) is 35.4 Å². The molecule has 170 valence electrons. The van der Waals surface area contributed by atoms with Gasteiger partial charge < -0.3 is 10.2 Å². The van der Waals surface area contributed by atoms with E-state index in [1.165, 1.54) is 31.2 Å². The van der Waals surface area contributed by atoms with E-state index in [0.29, 0.717) is 12.6 Å². The van der Waals surface area contributed by atoms with Crippen LogP contribution in [0, 0.1) is 0 Å². The summed E-state index contributed by atoms with van der Waals surface area (Å²) in [6.45, 7) is 7.71. The summed E-state index contributed by atoms with van der Waals surface area (Å²) >= 11 is 0. The second kappa shape index (κ2) is 10.6. The zero-order chi connectivity index (χ0) is 21.6. The number of carbonyl (C=O) groups excluding carboxylic acids is 2. The van der Waals surface area contributed by atoms with Gasteiger partial charge in [-0.1, -0.05) is 30.7 Å². The summed E-state index contributed by atoms with van der Waals surface area (Å²) in [6.07, 6.45) is 8.07. The fourth-order valence-corrected chi connectivity index (χ4v) is 5.43. The van der Waals surface area contributed by atoms with Gasteiger partial charge in [0.2, 0.25) is 11.8 Å². The molecule has 2 unspecified atom stereocenters. The van der Waals surface area contributed by atoms with Gasteiger partial charge in [0.25, 0.3) is 0 Å². The van der Waals surface area contributed by atoms with Crippen LogP contribution in [0.2, 0.25) is 0 Å². The van der Waals surface area contributed by atoms with Gasteiger partial charge in [0.05, 0.1) is 6.54 Å². The van der Waals surface area contributed by atoms with Crippen LogP contribution in [-0.4, -0.2) is 78.4 Å². The van der Waals surface area contributed by atoms with Crippen molar-refractivity contribution in [1.29, 1.82) is 0 Å². The number of likely N-dealkylation sites (tertiary alicyclic amines) is 2. The van der Waals surface area contributed by atoms with E-state index < -0.39 is 0 Å². The van der Waals surface area contributed by atoms with Crippen LogP contribution < -0.4 is 5.32 Å². The maximum absolute atomic E-state index is 13.5. The van der Waals surface area contributed by atoms with Crippen LogP contribution in [0.5, 0.6) is 0 Å². The Morgan fingerprint density at radius 3 is 2.55 bits per heavy atom. The van der Waals surface area contributed by atoms with E-state index in [0.717, 1.165) is 57.5 Å². The Kier molecular flexibility index (Phi) is 7.62. The van der Waals surface area contributed by atoms with E-state index >= 15 is 0 Å². The van der Waals surface area contributed by atoms with Crippen molar-refractivity contribution in [3.8, 4) is 0 Å². The van der Waals surface area contributed by atoms with Crippen molar-refractivity contribution in [3.63, 3.8) is 0 Å². The third-order valence-electron chi connectivity index (χ3n) is 7.29. The van der Waals surface area contributed by atoms with Crippen LogP contribution in [0.4, 0.5) is 0 Å². The largest absolute Gasteiger partial charge is 0.354 e. The van der Waals surface area contributed by atoms with Crippen LogP contribution in [0.1, 0.15) is 62.6 Å². The molecule has 2 atom stereocenters. The molecule has 6 nitrogen and oxygen atoms in total. The van der Waals surface area contributed by atoms with Crippen molar-refractivity contribution in [2.75, 3.05) is 45.8 Å². The molecule has 0 aromatic heterocycles. The fourth-order valence-electron chi connectivity index (χ4n) is 5.43. The van der Waals surface area contributed by atoms with Crippen molar-refractivity contribution in [2.24, 2.45) is 0 Å². The smallest absolute Gasteiger partial charge is 0.244 e. The molecular formula is C25H38N4O2. The third kappa shape index (κ3) is 5.47. The topological polar surface area (TPSA) is 55.9 Å². The number of hydrogen-bond donors (Lipinski definition) is 1. The molecule has 1 aromatic carbocycles. The van der Waals surface area contributed by atoms with Gasteiger partial charge in [-0.3, -0.25) is 19.4 Å². The first-order valence-electron chi connectivity index (χ1n) is 12.2. The molecule has 4 rings (SSSR count). The standard InChI is InChI=1S/C25H38N4O2/c1-20-9-5-8-14-27(20)18-13-26-23(30)19-29-17-12-21-10-3-4-11-22(21)24(29)25(31)28-15-6-2-7-16-28/h3-4,10-11,20,24H,2,5-9,12-19H2,1H3,(H,26,30). The highest BCUT2D eigenvalue weighted by molar-refractivity contribution is 5.85. The average Bonchev–Trinajstić information content (AvgIpc) is 2.80. The van der Waals surface area contributed by atoms with Crippen molar-refractivity contribution < 1.29 is 9.59 Å². The lowest BCUT2D eigenvalue weighted by Gasteiger charge is -2.39. The Morgan fingerprint density at radius 2 is 1.74 bits per heavy atom. The summed E-state index contributed by atoms with van der Waals surface area (Å²) in [5.74, 6) is 0.197. The minimum atomic E-state index is -0.337. The van der Waals surface area contributed by atoms with E-state index in [4.69, 9.17) is 0 Å². The molecule has 0 bridgehead atoms. The Balaban J connectivity index is 1.38. The zero-order valence-electron chi connectivity index (χ0n) is 19.0. The fraction of sp³-hybridized carbons (Fsp3) is 0.680. The van der Waals surface area contributed by atoms with Gasteiger partial charge >= 0.3 is 0 Å². The van der Waals surface area contributed by atoms with Gasteiger partial charge in [0.1, 0.15) is 6.04 Å². The molecule has 2 fully saturated rings. The summed E-state index contributed by atoms with van der Waals surface area (Å²) in [5.41, 5.74) is 2.33. The van der Waals surface area contributed by atoms with E-state index in [1.807, 2.05) is 17.0 Å². The molecule has 1 aromatic rings. The summed E-state index contributed by atoms with van der Waals surface area (Å²) in [4.78, 5) is 32.9. The van der Waals surface area contributed by atoms with Gasteiger partial charge in [0.15, 0.2) is 0 Å². The van der Waals surface area contributed by atoms with Crippen LogP contribution in [0.25, 0.3) is 0 Å². The molecule has 6 heteroatoms. The highest BCUT2D eigenvalue weighted by Crippen LogP contribution is 2.32. The highest BCUT2D eigenvalue weighted by Gasteiger charge is 2.36. The first-order chi connectivity index (χ1) is 15.1. The normalized spacial score (nSPS) is 25.1. The Bertz CT molecular complexity index is 762. The number of nitrogens with one attached hydrogen (secondary N) is 1. The molecule has 3 aliphatic heterocycles. The summed E-state index contributed by atoms with van der Waals surface area (Å²) in [5, 5.41) is 3.11. The molecule has 31 heavy (non-hydrogen) atoms. The molecule has 2 saturated heterocycles. The number of nitrogens with zero attached hydrogens (tertiary/aromatic N) is 3. The van der Waals surface area contributed by atoms with Crippen LogP contribution in [0.3, 0.4) is 0 Å². The molecule has 0 aliphatic carbocycles. The molecule has 1 N–H and O–H groups in total. The number of carbonyl (C=O) groups is 2. The van der Waals surface area contributed by atoms with Crippen LogP contribution >= 0.6 is 0 Å². The van der Waals surface area contributed by atoms with E-state index in [1.54, 1.807) is 0 Å². The first-order valence-corrected chi connectivity index (χ1v) is 12.2. The quantitative estimate of drug-likeness (QED) is 0.760. The summed E-state index contributed by atoms with van der Waals surface area (Å²) in [6, 6.07) is 8.53. The number of benzene rings is 1. The van der Waals surface area contributed by atoms with E-state index in [-0.39, 0.29) is 24.4 Å². The minimum Gasteiger partial charge on any atom is -0.354 e. The van der Waals surface area contributed by atoms with Gasteiger partial charge in [0, 0.05) is 38.8 Å². The van der Waals surface area contributed by atoms with Crippen molar-refractivity contribution >= 4 is 11.8 Å². The molecule has 2 amide bonds. The van der Waals surface area contributed by atoms with Crippen molar-refractivity contribution in [1.82, 2.24) is 20.0 Å². The number of fused-ring (bicyclic) bond motifs is 1. The SMILES string of the molecule is CC1CCCCN1CCNC(=O)CN1CCc2ccccc2C1C(=O)N1CCCCC1. The minimum absolute atomic E-state index is 0.0282. The molecule has 3 heterocycles. The lowest BCUT2D eigenvalue weighted by atomic mass is 9.91. The predicted molar refractivity (Wildman–Crippen MR) is 123 cm³/mol. The Labute approximate surface area is 187 Å². The molecule has 0 radical (unpaired) electrons. The van der Waals surface area contributed by atoms with E-state index in [9.17, 15) is 9.59 Å². The second-order valence-corrected chi connectivity index (χ2v) is 9.44. The first kappa shape index (κ1) is 22.3.